The molecule has 1 saturated heterocycles. The van der Waals surface area contributed by atoms with E-state index in [2.05, 4.69) is 23.2 Å². The maximum Gasteiger partial charge on any atom is 0.335 e. The Bertz CT molecular complexity index is 967. The van der Waals surface area contributed by atoms with Crippen LogP contribution in [-0.4, -0.2) is 35.0 Å². The van der Waals surface area contributed by atoms with E-state index in [1.54, 1.807) is 5.01 Å². The fourth-order valence-corrected chi connectivity index (χ4v) is 4.54. The Morgan fingerprint density at radius 2 is 1.77 bits per heavy atom. The van der Waals surface area contributed by atoms with Gasteiger partial charge in [-0.05, 0) is 43.0 Å². The monoisotopic (exact) mass is 404 g/mol. The summed E-state index contributed by atoms with van der Waals surface area (Å²) in [6.45, 7) is 4.92. The number of nitrogens with zero attached hydrogens (tertiary/aromatic N) is 2. The van der Waals surface area contributed by atoms with Crippen LogP contribution in [0.2, 0.25) is 0 Å². The highest BCUT2D eigenvalue weighted by Gasteiger charge is 2.44. The lowest BCUT2D eigenvalue weighted by molar-refractivity contribution is -0.138. The molecule has 5 nitrogen and oxygen atoms in total. The van der Waals surface area contributed by atoms with Crippen LogP contribution in [0.1, 0.15) is 60.6 Å². The van der Waals surface area contributed by atoms with E-state index in [0.717, 1.165) is 25.1 Å². The number of rotatable bonds is 5. The lowest BCUT2D eigenvalue weighted by Gasteiger charge is -2.36. The van der Waals surface area contributed by atoms with Crippen molar-refractivity contribution in [1.29, 1.82) is 0 Å². The van der Waals surface area contributed by atoms with E-state index in [1.807, 2.05) is 50.2 Å². The average molecular weight is 405 g/mol. The van der Waals surface area contributed by atoms with Gasteiger partial charge in [0.05, 0.1) is 23.9 Å². The summed E-state index contributed by atoms with van der Waals surface area (Å²) in [7, 11) is 0. The SMILES string of the molecule is CCC/C(C(=O)OCC)=C1/CC2c3ccccc3CCN2N1C(=O)c1ccccc1. The predicted molar refractivity (Wildman–Crippen MR) is 115 cm³/mol. The van der Waals surface area contributed by atoms with Crippen LogP contribution in [0.3, 0.4) is 0 Å². The van der Waals surface area contributed by atoms with E-state index >= 15 is 0 Å². The molecular formula is C25H28N2O3. The van der Waals surface area contributed by atoms with E-state index < -0.39 is 0 Å². The van der Waals surface area contributed by atoms with Gasteiger partial charge in [0.25, 0.3) is 5.91 Å². The average Bonchev–Trinajstić information content (AvgIpc) is 3.17. The van der Waals surface area contributed by atoms with Gasteiger partial charge in [-0.25, -0.2) is 14.8 Å². The molecule has 2 aromatic rings. The van der Waals surface area contributed by atoms with Crippen LogP contribution < -0.4 is 0 Å². The second-order valence-corrected chi connectivity index (χ2v) is 7.71. The fourth-order valence-electron chi connectivity index (χ4n) is 4.54. The molecule has 5 heteroatoms. The smallest absolute Gasteiger partial charge is 0.335 e. The van der Waals surface area contributed by atoms with Crippen LogP contribution in [0.4, 0.5) is 0 Å². The molecule has 1 unspecified atom stereocenters. The number of ether oxygens (including phenoxy) is 1. The van der Waals surface area contributed by atoms with Crippen LogP contribution in [0, 0.1) is 0 Å². The van der Waals surface area contributed by atoms with Crippen molar-refractivity contribution in [2.75, 3.05) is 13.2 Å². The van der Waals surface area contributed by atoms with Crippen molar-refractivity contribution >= 4 is 11.9 Å². The van der Waals surface area contributed by atoms with Crippen LogP contribution in [0.5, 0.6) is 0 Å². The Morgan fingerprint density at radius 3 is 2.50 bits per heavy atom. The third-order valence-electron chi connectivity index (χ3n) is 5.87. The number of fused-ring (bicyclic) bond motifs is 3. The zero-order valence-electron chi connectivity index (χ0n) is 17.6. The van der Waals surface area contributed by atoms with Crippen LogP contribution in [0.15, 0.2) is 65.9 Å². The largest absolute Gasteiger partial charge is 0.463 e. The summed E-state index contributed by atoms with van der Waals surface area (Å²) in [5.74, 6) is -0.404. The maximum atomic E-state index is 13.6. The van der Waals surface area contributed by atoms with Gasteiger partial charge in [-0.15, -0.1) is 0 Å². The first-order valence-electron chi connectivity index (χ1n) is 10.8. The van der Waals surface area contributed by atoms with Gasteiger partial charge in [0.15, 0.2) is 0 Å². The summed E-state index contributed by atoms with van der Waals surface area (Å²) in [6.07, 6.45) is 2.91. The third-order valence-corrected chi connectivity index (χ3v) is 5.87. The number of carbonyl (C=O) groups is 2. The summed E-state index contributed by atoms with van der Waals surface area (Å²) < 4.78 is 5.37. The molecule has 1 atom stereocenters. The molecule has 1 fully saturated rings. The minimum atomic E-state index is -0.312. The number of hydrogen-bond donors (Lipinski definition) is 0. The number of hydrogen-bond acceptors (Lipinski definition) is 4. The Balaban J connectivity index is 1.83. The summed E-state index contributed by atoms with van der Waals surface area (Å²) >= 11 is 0. The molecule has 2 aliphatic rings. The molecule has 0 aromatic heterocycles. The zero-order valence-corrected chi connectivity index (χ0v) is 17.6. The van der Waals surface area contributed by atoms with Gasteiger partial charge in [0, 0.05) is 18.5 Å². The van der Waals surface area contributed by atoms with Crippen molar-refractivity contribution in [1.82, 2.24) is 10.0 Å². The fraction of sp³-hybridized carbons (Fsp3) is 0.360. The molecule has 2 aromatic carbocycles. The van der Waals surface area contributed by atoms with E-state index in [1.165, 1.54) is 11.1 Å². The molecule has 2 heterocycles. The highest BCUT2D eigenvalue weighted by Crippen LogP contribution is 2.45. The second kappa shape index (κ2) is 8.84. The molecule has 0 N–H and O–H groups in total. The topological polar surface area (TPSA) is 49.9 Å². The van der Waals surface area contributed by atoms with Crippen molar-refractivity contribution < 1.29 is 14.3 Å². The molecule has 0 aliphatic carbocycles. The van der Waals surface area contributed by atoms with Gasteiger partial charge in [0.1, 0.15) is 0 Å². The predicted octanol–water partition coefficient (Wildman–Crippen LogP) is 4.66. The van der Waals surface area contributed by atoms with Crippen LogP contribution in [-0.2, 0) is 16.0 Å². The second-order valence-electron chi connectivity index (χ2n) is 7.71. The molecule has 0 radical (unpaired) electrons. The lowest BCUT2D eigenvalue weighted by atomic mass is 9.91. The molecular weight excluding hydrogens is 376 g/mol. The molecule has 4 rings (SSSR count). The number of amides is 1. The Kier molecular flexibility index (Phi) is 6.00. The molecule has 0 bridgehead atoms. The first-order chi connectivity index (χ1) is 14.7. The first kappa shape index (κ1) is 20.4. The lowest BCUT2D eigenvalue weighted by Crippen LogP contribution is -2.45. The summed E-state index contributed by atoms with van der Waals surface area (Å²) in [5.41, 5.74) is 4.58. The third kappa shape index (κ3) is 3.65. The van der Waals surface area contributed by atoms with E-state index in [0.29, 0.717) is 30.6 Å². The summed E-state index contributed by atoms with van der Waals surface area (Å²) in [5, 5.41) is 3.90. The minimum Gasteiger partial charge on any atom is -0.463 e. The van der Waals surface area contributed by atoms with Crippen molar-refractivity contribution in [3.05, 3.63) is 82.6 Å². The van der Waals surface area contributed by atoms with Gasteiger partial charge in [-0.2, -0.15) is 0 Å². The standard InChI is InChI=1S/C25H28N2O3/c1-3-10-21(25(29)30-4-2)23-17-22-20-14-9-8-11-18(20)15-16-26(22)27(23)24(28)19-12-6-5-7-13-19/h5-9,11-14,22H,3-4,10,15-17H2,1-2H3/b23-21+. The molecule has 0 spiro atoms. The molecule has 30 heavy (non-hydrogen) atoms. The molecule has 1 amide bonds. The van der Waals surface area contributed by atoms with Crippen molar-refractivity contribution in [3.8, 4) is 0 Å². The first-order valence-corrected chi connectivity index (χ1v) is 10.8. The quantitative estimate of drug-likeness (QED) is 0.537. The van der Waals surface area contributed by atoms with Crippen LogP contribution in [0.25, 0.3) is 0 Å². The van der Waals surface area contributed by atoms with Crippen molar-refractivity contribution in [2.24, 2.45) is 0 Å². The number of esters is 1. The molecule has 2 aliphatic heterocycles. The van der Waals surface area contributed by atoms with Crippen molar-refractivity contribution in [2.45, 2.75) is 45.6 Å². The Hall–Kier alpha value is -2.92. The Morgan fingerprint density at radius 1 is 1.03 bits per heavy atom. The molecule has 0 saturated carbocycles. The maximum absolute atomic E-state index is 13.6. The Labute approximate surface area is 177 Å². The number of benzene rings is 2. The van der Waals surface area contributed by atoms with Gasteiger partial charge >= 0.3 is 5.97 Å². The van der Waals surface area contributed by atoms with E-state index in [4.69, 9.17) is 4.74 Å². The van der Waals surface area contributed by atoms with Gasteiger partial charge < -0.3 is 4.74 Å². The summed E-state index contributed by atoms with van der Waals surface area (Å²) in [4.78, 5) is 26.5. The minimum absolute atomic E-state index is 0.0545. The number of carbonyl (C=O) groups excluding carboxylic acids is 2. The molecule has 156 valence electrons. The van der Waals surface area contributed by atoms with Crippen LogP contribution >= 0.6 is 0 Å². The number of hydrazine groups is 1. The highest BCUT2D eigenvalue weighted by atomic mass is 16.5. The van der Waals surface area contributed by atoms with Gasteiger partial charge in [0.2, 0.25) is 0 Å². The summed E-state index contributed by atoms with van der Waals surface area (Å²) in [6, 6.07) is 17.8. The normalized spacial score (nSPS) is 19.8. The van der Waals surface area contributed by atoms with E-state index in [-0.39, 0.29) is 17.9 Å². The highest BCUT2D eigenvalue weighted by molar-refractivity contribution is 5.97. The zero-order chi connectivity index (χ0) is 21.1. The van der Waals surface area contributed by atoms with Crippen molar-refractivity contribution in [3.63, 3.8) is 0 Å². The van der Waals surface area contributed by atoms with E-state index in [9.17, 15) is 9.59 Å². The van der Waals surface area contributed by atoms with Gasteiger partial charge in [-0.3, -0.25) is 4.79 Å². The van der Waals surface area contributed by atoms with Gasteiger partial charge in [-0.1, -0.05) is 55.8 Å².